The Bertz CT molecular complexity index is 1030. The van der Waals surface area contributed by atoms with Gasteiger partial charge in [-0.25, -0.2) is 0 Å². The van der Waals surface area contributed by atoms with E-state index in [-0.39, 0.29) is 5.75 Å². The van der Waals surface area contributed by atoms with Gasteiger partial charge in [-0.2, -0.15) is 0 Å². The molecule has 0 atom stereocenters. The first-order valence-electron chi connectivity index (χ1n) is 9.36. The minimum absolute atomic E-state index is 0.221. The first-order chi connectivity index (χ1) is 14.2. The molecule has 0 spiro atoms. The summed E-state index contributed by atoms with van der Waals surface area (Å²) in [4.78, 5) is 10.7. The molecule has 1 N–H and O–H groups in total. The maximum Gasteiger partial charge on any atom is 0.298 e. The summed E-state index contributed by atoms with van der Waals surface area (Å²) in [7, 11) is 0. The zero-order chi connectivity index (χ0) is 20.1. The van der Waals surface area contributed by atoms with E-state index >= 15 is 0 Å². The zero-order valence-electron chi connectivity index (χ0n) is 15.7. The summed E-state index contributed by atoms with van der Waals surface area (Å²) in [5.41, 5.74) is 3.65. The summed E-state index contributed by atoms with van der Waals surface area (Å²) in [6.07, 6.45) is 0. The van der Waals surface area contributed by atoms with Crippen LogP contribution in [-0.2, 0) is 10.2 Å². The molecule has 142 valence electrons. The van der Waals surface area contributed by atoms with Crippen molar-refractivity contribution in [3.05, 3.63) is 131 Å². The topological polar surface area (TPSA) is 46.5 Å². The minimum atomic E-state index is -0.601. The fourth-order valence-corrected chi connectivity index (χ4v) is 3.93. The largest absolute Gasteiger partial charge is 0.508 e. The van der Waals surface area contributed by atoms with Gasteiger partial charge >= 0.3 is 0 Å². The molecule has 4 rings (SSSR count). The van der Waals surface area contributed by atoms with E-state index in [9.17, 15) is 9.90 Å². The van der Waals surface area contributed by atoms with Crippen LogP contribution in [-0.4, -0.2) is 11.6 Å². The number of benzene rings is 4. The van der Waals surface area contributed by atoms with E-state index in [0.717, 1.165) is 22.3 Å². The normalized spacial score (nSPS) is 11.0. The van der Waals surface area contributed by atoms with Gasteiger partial charge in [-0.05, 0) is 46.5 Å². The van der Waals surface area contributed by atoms with Crippen LogP contribution in [0.25, 0.3) is 0 Å². The molecule has 4 aromatic rings. The lowest BCUT2D eigenvalue weighted by Gasteiger charge is -2.36. The SMILES string of the molecule is O=COc1ccc(C(c2ccccc2)(c2ccccc2)c2ccc(O)cc2)cc1. The van der Waals surface area contributed by atoms with E-state index in [1.54, 1.807) is 24.3 Å². The first-order valence-corrected chi connectivity index (χ1v) is 9.36. The average Bonchev–Trinajstić information content (AvgIpc) is 2.78. The van der Waals surface area contributed by atoms with Crippen LogP contribution in [0.1, 0.15) is 22.3 Å². The Morgan fingerprint density at radius 1 is 0.586 bits per heavy atom. The van der Waals surface area contributed by atoms with Crippen LogP contribution in [0.5, 0.6) is 11.5 Å². The van der Waals surface area contributed by atoms with Crippen LogP contribution in [0.3, 0.4) is 0 Å². The van der Waals surface area contributed by atoms with Crippen molar-refractivity contribution >= 4 is 6.47 Å². The molecule has 0 amide bonds. The molecule has 0 aliphatic carbocycles. The van der Waals surface area contributed by atoms with Gasteiger partial charge < -0.3 is 9.84 Å². The van der Waals surface area contributed by atoms with E-state index in [1.165, 1.54) is 0 Å². The Morgan fingerprint density at radius 3 is 1.45 bits per heavy atom. The number of hydrogen-bond acceptors (Lipinski definition) is 3. The molecule has 0 bridgehead atoms. The summed E-state index contributed by atoms with van der Waals surface area (Å²) in [6.45, 7) is 0.427. The van der Waals surface area contributed by atoms with Gasteiger partial charge in [0.05, 0.1) is 5.41 Å². The Morgan fingerprint density at radius 2 is 1.00 bits per heavy atom. The van der Waals surface area contributed by atoms with E-state index in [4.69, 9.17) is 4.74 Å². The summed E-state index contributed by atoms with van der Waals surface area (Å²) in [6, 6.07) is 35.4. The van der Waals surface area contributed by atoms with E-state index in [0.29, 0.717) is 12.2 Å². The highest BCUT2D eigenvalue weighted by molar-refractivity contribution is 5.60. The van der Waals surface area contributed by atoms with Gasteiger partial charge in [-0.1, -0.05) is 84.9 Å². The van der Waals surface area contributed by atoms with Crippen molar-refractivity contribution < 1.29 is 14.6 Å². The molecular formula is C26H20O3. The summed E-state index contributed by atoms with van der Waals surface area (Å²) in [5.74, 6) is 0.711. The van der Waals surface area contributed by atoms with E-state index < -0.39 is 5.41 Å². The van der Waals surface area contributed by atoms with Crippen molar-refractivity contribution in [3.63, 3.8) is 0 Å². The second-order valence-corrected chi connectivity index (χ2v) is 6.77. The Hall–Kier alpha value is -3.85. The number of hydrogen-bond donors (Lipinski definition) is 1. The predicted molar refractivity (Wildman–Crippen MR) is 113 cm³/mol. The number of carbonyl (C=O) groups excluding carboxylic acids is 1. The van der Waals surface area contributed by atoms with Crippen molar-refractivity contribution in [2.75, 3.05) is 0 Å². The number of phenolic OH excluding ortho intramolecular Hbond substituents is 1. The van der Waals surface area contributed by atoms with Gasteiger partial charge in [0.2, 0.25) is 0 Å². The highest BCUT2D eigenvalue weighted by Gasteiger charge is 2.38. The summed E-state index contributed by atoms with van der Waals surface area (Å²) in [5, 5.41) is 9.88. The maximum absolute atomic E-state index is 10.7. The highest BCUT2D eigenvalue weighted by Crippen LogP contribution is 2.45. The molecule has 0 saturated carbocycles. The van der Waals surface area contributed by atoms with E-state index in [1.807, 2.05) is 60.7 Å². The lowest BCUT2D eigenvalue weighted by molar-refractivity contribution is -0.120. The van der Waals surface area contributed by atoms with Crippen LogP contribution < -0.4 is 4.74 Å². The van der Waals surface area contributed by atoms with Crippen molar-refractivity contribution in [2.45, 2.75) is 5.41 Å². The van der Waals surface area contributed by atoms with Crippen molar-refractivity contribution in [1.29, 1.82) is 0 Å². The molecule has 0 heterocycles. The summed E-state index contributed by atoms with van der Waals surface area (Å²) < 4.78 is 4.99. The van der Waals surface area contributed by atoms with Crippen molar-refractivity contribution in [1.82, 2.24) is 0 Å². The zero-order valence-corrected chi connectivity index (χ0v) is 15.7. The fourth-order valence-electron chi connectivity index (χ4n) is 3.93. The van der Waals surface area contributed by atoms with Gasteiger partial charge in [0.15, 0.2) is 0 Å². The second-order valence-electron chi connectivity index (χ2n) is 6.77. The molecule has 3 heteroatoms. The molecule has 4 aromatic carbocycles. The third-order valence-corrected chi connectivity index (χ3v) is 5.19. The number of carbonyl (C=O) groups is 1. The number of aromatic hydroxyl groups is 1. The van der Waals surface area contributed by atoms with Crippen LogP contribution in [0.15, 0.2) is 109 Å². The molecule has 29 heavy (non-hydrogen) atoms. The molecule has 0 unspecified atom stereocenters. The predicted octanol–water partition coefficient (Wildman–Crippen LogP) is 5.31. The maximum atomic E-state index is 10.7. The summed E-state index contributed by atoms with van der Waals surface area (Å²) >= 11 is 0. The molecule has 0 aliphatic heterocycles. The monoisotopic (exact) mass is 380 g/mol. The van der Waals surface area contributed by atoms with Gasteiger partial charge in [0, 0.05) is 0 Å². The van der Waals surface area contributed by atoms with Crippen molar-refractivity contribution in [2.24, 2.45) is 0 Å². The van der Waals surface area contributed by atoms with Gasteiger partial charge in [0.1, 0.15) is 11.5 Å². The fraction of sp³-hybridized carbons (Fsp3) is 0.0385. The smallest absolute Gasteiger partial charge is 0.298 e. The average molecular weight is 380 g/mol. The molecule has 0 radical (unpaired) electrons. The van der Waals surface area contributed by atoms with Crippen LogP contribution in [0.4, 0.5) is 0 Å². The Balaban J connectivity index is 2.05. The van der Waals surface area contributed by atoms with Gasteiger partial charge in [-0.3, -0.25) is 4.79 Å². The highest BCUT2D eigenvalue weighted by atomic mass is 16.5. The van der Waals surface area contributed by atoms with Crippen molar-refractivity contribution in [3.8, 4) is 11.5 Å². The molecule has 0 fully saturated rings. The number of ether oxygens (including phenoxy) is 1. The third-order valence-electron chi connectivity index (χ3n) is 5.19. The molecular weight excluding hydrogens is 360 g/mol. The molecule has 3 nitrogen and oxygen atoms in total. The number of phenols is 1. The Labute approximate surface area is 169 Å². The lowest BCUT2D eigenvalue weighted by atomic mass is 9.65. The first kappa shape index (κ1) is 18.5. The third kappa shape index (κ3) is 3.39. The van der Waals surface area contributed by atoms with Gasteiger partial charge in [-0.15, -0.1) is 0 Å². The quantitative estimate of drug-likeness (QED) is 0.364. The molecule has 0 aliphatic rings. The van der Waals surface area contributed by atoms with E-state index in [2.05, 4.69) is 24.3 Å². The molecule has 0 saturated heterocycles. The molecule has 0 aromatic heterocycles. The standard InChI is InChI=1S/C26H20O3/c27-19-29-25-17-13-23(14-18-25)26(20-7-3-1-4-8-20,21-9-5-2-6-10-21)22-11-15-24(28)16-12-22/h1-19,28H. The van der Waals surface area contributed by atoms with Crippen LogP contribution >= 0.6 is 0 Å². The lowest BCUT2D eigenvalue weighted by Crippen LogP contribution is -2.30. The Kier molecular flexibility index (Phi) is 5.12. The second kappa shape index (κ2) is 8.03. The van der Waals surface area contributed by atoms with Crippen LogP contribution in [0.2, 0.25) is 0 Å². The minimum Gasteiger partial charge on any atom is -0.508 e. The van der Waals surface area contributed by atoms with Gasteiger partial charge in [0.25, 0.3) is 6.47 Å². The van der Waals surface area contributed by atoms with Crippen LogP contribution in [0, 0.1) is 0 Å². The number of rotatable bonds is 6.